The summed E-state index contributed by atoms with van der Waals surface area (Å²) in [6, 6.07) is 11.5. The third-order valence-corrected chi connectivity index (χ3v) is 7.02. The maximum Gasteiger partial charge on any atom is 0.416 e. The Morgan fingerprint density at radius 3 is 1.92 bits per heavy atom. The van der Waals surface area contributed by atoms with E-state index in [1.54, 1.807) is 18.2 Å². The third-order valence-electron chi connectivity index (χ3n) is 7.02. The van der Waals surface area contributed by atoms with E-state index in [4.69, 9.17) is 0 Å². The zero-order valence-corrected chi connectivity index (χ0v) is 20.2. The van der Waals surface area contributed by atoms with Crippen molar-refractivity contribution in [3.8, 4) is 0 Å². The number of para-hydroxylation sites is 1. The zero-order chi connectivity index (χ0) is 28.0. The van der Waals surface area contributed by atoms with Crippen LogP contribution in [0, 0.1) is 0 Å². The van der Waals surface area contributed by atoms with Crippen LogP contribution in [-0.4, -0.2) is 52.0 Å². The van der Waals surface area contributed by atoms with E-state index in [9.17, 15) is 35.9 Å². The molecule has 2 amide bonds. The van der Waals surface area contributed by atoms with Crippen molar-refractivity contribution in [2.75, 3.05) is 29.6 Å². The summed E-state index contributed by atoms with van der Waals surface area (Å²) in [4.78, 5) is 39.7. The summed E-state index contributed by atoms with van der Waals surface area (Å²) in [5.74, 6) is -1.08. The van der Waals surface area contributed by atoms with E-state index >= 15 is 0 Å². The summed E-state index contributed by atoms with van der Waals surface area (Å²) in [5.41, 5.74) is -4.22. The molecule has 0 bridgehead atoms. The van der Waals surface area contributed by atoms with E-state index in [2.05, 4.69) is 9.97 Å². The number of benzene rings is 2. The molecule has 0 radical (unpaired) electrons. The van der Waals surface area contributed by atoms with Gasteiger partial charge in [-0.2, -0.15) is 26.3 Å². The summed E-state index contributed by atoms with van der Waals surface area (Å²) in [6.07, 6.45) is -6.95. The summed E-state index contributed by atoms with van der Waals surface area (Å²) in [5, 5.41) is 0. The normalized spacial score (nSPS) is 17.7. The van der Waals surface area contributed by atoms with Gasteiger partial charge >= 0.3 is 12.4 Å². The van der Waals surface area contributed by atoms with Gasteiger partial charge in [0.2, 0.25) is 5.95 Å². The second-order valence-corrected chi connectivity index (χ2v) is 9.31. The molecule has 2 aliphatic rings. The van der Waals surface area contributed by atoms with E-state index in [0.717, 1.165) is 5.69 Å². The lowest BCUT2D eigenvalue weighted by Crippen LogP contribution is -2.57. The molecule has 39 heavy (non-hydrogen) atoms. The number of hydrogen-bond acceptors (Lipinski definition) is 5. The lowest BCUT2D eigenvalue weighted by atomic mass is 9.85. The topological polar surface area (TPSA) is 69.6 Å². The van der Waals surface area contributed by atoms with Gasteiger partial charge in [0.05, 0.1) is 11.1 Å². The van der Waals surface area contributed by atoms with Crippen LogP contribution in [0.1, 0.15) is 34.3 Å². The highest BCUT2D eigenvalue weighted by molar-refractivity contribution is 6.05. The van der Waals surface area contributed by atoms with Gasteiger partial charge in [-0.1, -0.05) is 18.2 Å². The first-order valence-corrected chi connectivity index (χ1v) is 11.9. The largest absolute Gasteiger partial charge is 0.416 e. The Labute approximate surface area is 218 Å². The van der Waals surface area contributed by atoms with Crippen LogP contribution < -0.4 is 9.80 Å². The highest BCUT2D eigenvalue weighted by Crippen LogP contribution is 2.41. The molecule has 3 heterocycles. The fourth-order valence-corrected chi connectivity index (χ4v) is 5.05. The molecule has 1 spiro atoms. The quantitative estimate of drug-likeness (QED) is 0.431. The second kappa shape index (κ2) is 9.54. The van der Waals surface area contributed by atoms with Crippen molar-refractivity contribution in [2.45, 2.75) is 30.7 Å². The van der Waals surface area contributed by atoms with Crippen LogP contribution in [0.5, 0.6) is 0 Å². The van der Waals surface area contributed by atoms with Crippen LogP contribution in [0.4, 0.5) is 38.0 Å². The molecule has 204 valence electrons. The maximum atomic E-state index is 13.8. The van der Waals surface area contributed by atoms with Gasteiger partial charge in [-0.05, 0) is 49.2 Å². The Morgan fingerprint density at radius 1 is 0.821 bits per heavy atom. The van der Waals surface area contributed by atoms with Crippen LogP contribution >= 0.6 is 0 Å². The fourth-order valence-electron chi connectivity index (χ4n) is 5.05. The molecular formula is C26H21F6N5O2. The second-order valence-electron chi connectivity index (χ2n) is 9.31. The van der Waals surface area contributed by atoms with Crippen LogP contribution in [-0.2, 0) is 17.1 Å². The van der Waals surface area contributed by atoms with Crippen molar-refractivity contribution in [1.82, 2.24) is 14.9 Å². The molecule has 2 aliphatic heterocycles. The Bertz CT molecular complexity index is 1340. The summed E-state index contributed by atoms with van der Waals surface area (Å²) >= 11 is 0. The van der Waals surface area contributed by atoms with Gasteiger partial charge in [-0.3, -0.25) is 14.5 Å². The molecule has 0 N–H and O–H groups in total. The lowest BCUT2D eigenvalue weighted by Gasteiger charge is -2.43. The summed E-state index contributed by atoms with van der Waals surface area (Å²) in [6.45, 7) is 0.00730. The van der Waals surface area contributed by atoms with Crippen molar-refractivity contribution in [2.24, 2.45) is 0 Å². The Hall–Kier alpha value is -4.16. The molecule has 7 nitrogen and oxygen atoms in total. The van der Waals surface area contributed by atoms with E-state index in [0.29, 0.717) is 12.1 Å². The highest BCUT2D eigenvalue weighted by Gasteiger charge is 2.55. The Kier molecular flexibility index (Phi) is 6.47. The first kappa shape index (κ1) is 26.4. The van der Waals surface area contributed by atoms with Crippen molar-refractivity contribution < 1.29 is 35.9 Å². The minimum absolute atomic E-state index is 0.0167. The Balaban J connectivity index is 1.44. The number of rotatable bonds is 3. The highest BCUT2D eigenvalue weighted by atomic mass is 19.4. The smallest absolute Gasteiger partial charge is 0.338 e. The number of hydrogen-bond donors (Lipinski definition) is 0. The molecule has 0 aliphatic carbocycles. The van der Waals surface area contributed by atoms with Gasteiger partial charge in [0.25, 0.3) is 11.8 Å². The monoisotopic (exact) mass is 549 g/mol. The summed E-state index contributed by atoms with van der Waals surface area (Å²) < 4.78 is 79.9. The Morgan fingerprint density at radius 2 is 1.38 bits per heavy atom. The van der Waals surface area contributed by atoms with Gasteiger partial charge in [-0.15, -0.1) is 0 Å². The average Bonchev–Trinajstić information content (AvgIpc) is 3.20. The van der Waals surface area contributed by atoms with Gasteiger partial charge in [-0.25, -0.2) is 9.97 Å². The lowest BCUT2D eigenvalue weighted by molar-refractivity contribution is -0.143. The standard InChI is InChI=1S/C26H21F6N5O2/c27-25(28,29)18-13-17(14-19(15-18)26(30,31)32)21(38)35-11-7-24(8-12-35)22(39)36(23-33-9-4-10-34-23)16-37(24)20-5-2-1-3-6-20/h1-6,9-10,13-15H,7-8,11-12,16H2. The molecule has 0 saturated carbocycles. The molecule has 2 aromatic carbocycles. The minimum Gasteiger partial charge on any atom is -0.338 e. The number of alkyl halides is 6. The number of carbonyl (C=O) groups is 2. The number of carbonyl (C=O) groups excluding carboxylic acids is 2. The average molecular weight is 549 g/mol. The van der Waals surface area contributed by atoms with E-state index in [1.165, 1.54) is 22.2 Å². The first-order chi connectivity index (χ1) is 18.4. The zero-order valence-electron chi connectivity index (χ0n) is 20.2. The van der Waals surface area contributed by atoms with Gasteiger partial charge < -0.3 is 9.80 Å². The molecule has 3 aromatic rings. The van der Waals surface area contributed by atoms with Gasteiger partial charge in [0.1, 0.15) is 12.2 Å². The van der Waals surface area contributed by atoms with Crippen LogP contribution in [0.25, 0.3) is 0 Å². The van der Waals surface area contributed by atoms with Gasteiger partial charge in [0, 0.05) is 36.7 Å². The molecular weight excluding hydrogens is 528 g/mol. The fraction of sp³-hybridized carbons (Fsp3) is 0.308. The van der Waals surface area contributed by atoms with Crippen LogP contribution in [0.3, 0.4) is 0 Å². The predicted octanol–water partition coefficient (Wildman–Crippen LogP) is 5.00. The van der Waals surface area contributed by atoms with Crippen molar-refractivity contribution >= 4 is 23.5 Å². The molecule has 0 unspecified atom stereocenters. The number of anilines is 2. The van der Waals surface area contributed by atoms with Crippen LogP contribution in [0.15, 0.2) is 67.0 Å². The number of amides is 2. The minimum atomic E-state index is -5.07. The number of piperidine rings is 1. The SMILES string of the molecule is O=C(c1cc(C(F)(F)F)cc(C(F)(F)F)c1)N1CCC2(CC1)C(=O)N(c1ncccn1)CN2c1ccccc1. The molecule has 0 atom stereocenters. The molecule has 2 saturated heterocycles. The van der Waals surface area contributed by atoms with E-state index in [-0.39, 0.29) is 50.5 Å². The van der Waals surface area contributed by atoms with E-state index in [1.807, 2.05) is 23.1 Å². The van der Waals surface area contributed by atoms with Crippen molar-refractivity contribution in [3.63, 3.8) is 0 Å². The maximum absolute atomic E-state index is 13.8. The van der Waals surface area contributed by atoms with Crippen molar-refractivity contribution in [1.29, 1.82) is 0 Å². The number of halogens is 6. The predicted molar refractivity (Wildman–Crippen MR) is 128 cm³/mol. The molecule has 2 fully saturated rings. The first-order valence-electron chi connectivity index (χ1n) is 11.9. The van der Waals surface area contributed by atoms with Crippen molar-refractivity contribution in [3.05, 3.63) is 83.7 Å². The molecule has 13 heteroatoms. The third kappa shape index (κ3) is 4.88. The number of likely N-dealkylation sites (tertiary alicyclic amines) is 1. The molecule has 5 rings (SSSR count). The van der Waals surface area contributed by atoms with Crippen LogP contribution in [0.2, 0.25) is 0 Å². The van der Waals surface area contributed by atoms with E-state index < -0.39 is 40.5 Å². The number of aromatic nitrogens is 2. The van der Waals surface area contributed by atoms with Gasteiger partial charge in [0.15, 0.2) is 0 Å². The molecule has 1 aromatic heterocycles. The number of nitrogens with zero attached hydrogens (tertiary/aromatic N) is 5. The summed E-state index contributed by atoms with van der Waals surface area (Å²) in [7, 11) is 0.